The molecule has 0 radical (unpaired) electrons. The van der Waals surface area contributed by atoms with Gasteiger partial charge in [-0.1, -0.05) is 190 Å². The van der Waals surface area contributed by atoms with Gasteiger partial charge in [0.2, 0.25) is 0 Å². The smallest absolute Gasteiger partial charge is 0.0541 e. The van der Waals surface area contributed by atoms with Crippen LogP contribution in [-0.2, 0) is 6.42 Å². The standard InChI is InChI=1S/C72H57N3/c1-6-8-32-64-48(4)56-28-15-19-33-65(56)75(64)63-44-39-53(45-47(63)3)72-69(50-24-11-9-12-25-50)61-43-42-55(73-49(5)57(23-7-2)58-29-16-20-34-66(58)73)46-62(61)70(51-26-13-10-14-27-51)71(72)52-37-40-54(41-38-52)74-67-35-21-17-30-59(67)60-31-18-22-36-68(60)74/h6,8-22,24-46H,1,7,23H2,2-5H3/b32-8-. The van der Waals surface area contributed by atoms with Crippen LogP contribution in [0.4, 0.5) is 0 Å². The second-order valence-corrected chi connectivity index (χ2v) is 20.0. The number of hydrogen-bond acceptors (Lipinski definition) is 0. The number of aryl methyl sites for hydroxylation is 3. The summed E-state index contributed by atoms with van der Waals surface area (Å²) in [5, 5.41) is 7.49. The van der Waals surface area contributed by atoms with E-state index in [1.807, 2.05) is 12.2 Å². The Kier molecular flexibility index (Phi) is 11.4. The summed E-state index contributed by atoms with van der Waals surface area (Å²) in [5.41, 5.74) is 24.0. The molecular formula is C72H57N3. The minimum Gasteiger partial charge on any atom is -0.314 e. The van der Waals surface area contributed by atoms with Crippen molar-refractivity contribution in [3.8, 4) is 61.6 Å². The van der Waals surface area contributed by atoms with Crippen molar-refractivity contribution in [2.75, 3.05) is 0 Å². The first-order valence-electron chi connectivity index (χ1n) is 26.4. The molecule has 0 aliphatic rings. The van der Waals surface area contributed by atoms with E-state index in [9.17, 15) is 0 Å². The van der Waals surface area contributed by atoms with E-state index in [0.29, 0.717) is 0 Å². The Balaban J connectivity index is 1.14. The Bertz CT molecular complexity index is 4330. The monoisotopic (exact) mass is 963 g/mol. The summed E-state index contributed by atoms with van der Waals surface area (Å²) in [6, 6.07) is 81.2. The third-order valence-electron chi connectivity index (χ3n) is 15.7. The summed E-state index contributed by atoms with van der Waals surface area (Å²) >= 11 is 0. The maximum atomic E-state index is 4.03. The van der Waals surface area contributed by atoms with E-state index < -0.39 is 0 Å². The summed E-state index contributed by atoms with van der Waals surface area (Å²) < 4.78 is 7.34. The van der Waals surface area contributed by atoms with Crippen LogP contribution >= 0.6 is 0 Å². The molecule has 13 rings (SSSR count). The molecule has 0 fully saturated rings. The molecule has 10 aromatic carbocycles. The zero-order valence-electron chi connectivity index (χ0n) is 43.0. The van der Waals surface area contributed by atoms with Crippen LogP contribution in [0.3, 0.4) is 0 Å². The number of fused-ring (bicyclic) bond motifs is 6. The molecule has 13 aromatic rings. The maximum Gasteiger partial charge on any atom is 0.0541 e. The molecule has 75 heavy (non-hydrogen) atoms. The molecule has 0 unspecified atom stereocenters. The second kappa shape index (κ2) is 18.7. The van der Waals surface area contributed by atoms with Gasteiger partial charge in [-0.05, 0) is 166 Å². The van der Waals surface area contributed by atoms with E-state index in [1.54, 1.807) is 0 Å². The van der Waals surface area contributed by atoms with Crippen molar-refractivity contribution >= 4 is 60.5 Å². The number of nitrogens with zero attached hydrogens (tertiary/aromatic N) is 3. The highest BCUT2D eigenvalue weighted by Gasteiger charge is 2.27. The lowest BCUT2D eigenvalue weighted by molar-refractivity contribution is 0.904. The van der Waals surface area contributed by atoms with E-state index in [1.165, 1.54) is 110 Å². The number of hydrogen-bond donors (Lipinski definition) is 0. The second-order valence-electron chi connectivity index (χ2n) is 20.0. The van der Waals surface area contributed by atoms with Crippen molar-refractivity contribution in [2.45, 2.75) is 40.5 Å². The number of aromatic nitrogens is 3. The largest absolute Gasteiger partial charge is 0.314 e. The molecule has 0 N–H and O–H groups in total. The third kappa shape index (κ3) is 7.41. The van der Waals surface area contributed by atoms with Gasteiger partial charge in [-0.2, -0.15) is 0 Å². The zero-order valence-corrected chi connectivity index (χ0v) is 43.0. The van der Waals surface area contributed by atoms with Crippen LogP contribution in [0.2, 0.25) is 0 Å². The molecule has 3 heteroatoms. The van der Waals surface area contributed by atoms with Gasteiger partial charge in [0.15, 0.2) is 0 Å². The first kappa shape index (κ1) is 45.7. The van der Waals surface area contributed by atoms with Gasteiger partial charge in [0.1, 0.15) is 0 Å². The summed E-state index contributed by atoms with van der Waals surface area (Å²) in [5.74, 6) is 0. The number of para-hydroxylation sites is 4. The summed E-state index contributed by atoms with van der Waals surface area (Å²) in [6.45, 7) is 13.1. The molecule has 0 saturated carbocycles. The van der Waals surface area contributed by atoms with Crippen LogP contribution < -0.4 is 0 Å². The highest BCUT2D eigenvalue weighted by Crippen LogP contribution is 2.52. The number of allylic oxidation sites excluding steroid dienone is 2. The van der Waals surface area contributed by atoms with Crippen LogP contribution in [0.25, 0.3) is 122 Å². The van der Waals surface area contributed by atoms with Crippen molar-refractivity contribution in [2.24, 2.45) is 0 Å². The van der Waals surface area contributed by atoms with Crippen LogP contribution in [-0.4, -0.2) is 13.7 Å². The minimum absolute atomic E-state index is 1.03. The van der Waals surface area contributed by atoms with Crippen molar-refractivity contribution in [3.05, 3.63) is 265 Å². The molecule has 3 heterocycles. The summed E-state index contributed by atoms with van der Waals surface area (Å²) in [4.78, 5) is 0. The van der Waals surface area contributed by atoms with Gasteiger partial charge in [-0.15, -0.1) is 0 Å². The Morgan fingerprint density at radius 1 is 0.400 bits per heavy atom. The van der Waals surface area contributed by atoms with Gasteiger partial charge in [-0.25, -0.2) is 0 Å². The molecule has 360 valence electrons. The molecule has 0 aliphatic heterocycles. The topological polar surface area (TPSA) is 14.8 Å². The Hall–Kier alpha value is -9.18. The first-order valence-corrected chi connectivity index (χ1v) is 26.4. The zero-order chi connectivity index (χ0) is 50.7. The normalized spacial score (nSPS) is 11.8. The SMILES string of the molecule is C=C/C=C\c1c(C)c2ccccc2n1-c1ccc(-c2c(-c3ccc(-n4c5ccccc5c5ccccc54)cc3)c(-c3ccccc3)c3cc(-n4c(C)c(CCC)c5ccccc54)ccc3c2-c2ccccc2)cc1C. The third-order valence-corrected chi connectivity index (χ3v) is 15.7. The van der Waals surface area contributed by atoms with E-state index in [4.69, 9.17) is 0 Å². The number of rotatable bonds is 11. The predicted molar refractivity (Wildman–Crippen MR) is 321 cm³/mol. The average molecular weight is 964 g/mol. The fourth-order valence-corrected chi connectivity index (χ4v) is 12.4. The van der Waals surface area contributed by atoms with Gasteiger partial charge >= 0.3 is 0 Å². The number of benzene rings is 10. The Morgan fingerprint density at radius 3 is 1.49 bits per heavy atom. The van der Waals surface area contributed by atoms with Gasteiger partial charge in [0.05, 0.1) is 22.1 Å². The Morgan fingerprint density at radius 2 is 0.893 bits per heavy atom. The van der Waals surface area contributed by atoms with E-state index in [-0.39, 0.29) is 0 Å². The molecule has 0 amide bonds. The van der Waals surface area contributed by atoms with Gasteiger partial charge in [0.25, 0.3) is 0 Å². The summed E-state index contributed by atoms with van der Waals surface area (Å²) in [6.07, 6.45) is 8.21. The van der Waals surface area contributed by atoms with Crippen molar-refractivity contribution in [1.29, 1.82) is 0 Å². The lowest BCUT2D eigenvalue weighted by Crippen LogP contribution is -2.02. The van der Waals surface area contributed by atoms with Crippen molar-refractivity contribution in [3.63, 3.8) is 0 Å². The van der Waals surface area contributed by atoms with Crippen molar-refractivity contribution in [1.82, 2.24) is 13.7 Å². The predicted octanol–water partition coefficient (Wildman–Crippen LogP) is 19.6. The lowest BCUT2D eigenvalue weighted by atomic mass is 9.78. The van der Waals surface area contributed by atoms with E-state index in [0.717, 1.165) is 46.7 Å². The molecule has 3 aromatic heterocycles. The van der Waals surface area contributed by atoms with Gasteiger partial charge in [0, 0.05) is 50.0 Å². The highest BCUT2D eigenvalue weighted by molar-refractivity contribution is 6.19. The molecule has 3 nitrogen and oxygen atoms in total. The van der Waals surface area contributed by atoms with Crippen LogP contribution in [0.5, 0.6) is 0 Å². The molecule has 0 spiro atoms. The highest BCUT2D eigenvalue weighted by atomic mass is 15.0. The average Bonchev–Trinajstić information content (AvgIpc) is 4.09. The lowest BCUT2D eigenvalue weighted by Gasteiger charge is -2.26. The minimum atomic E-state index is 1.03. The molecular weight excluding hydrogens is 907 g/mol. The fraction of sp³-hybridized carbons (Fsp3) is 0.0833. The van der Waals surface area contributed by atoms with E-state index >= 15 is 0 Å². The Labute approximate surface area is 439 Å². The fourth-order valence-electron chi connectivity index (χ4n) is 12.4. The molecule has 0 atom stereocenters. The van der Waals surface area contributed by atoms with Gasteiger partial charge in [-0.3, -0.25) is 0 Å². The van der Waals surface area contributed by atoms with Crippen LogP contribution in [0.1, 0.15) is 41.4 Å². The first-order chi connectivity index (χ1) is 36.9. The molecule has 0 bridgehead atoms. The van der Waals surface area contributed by atoms with Crippen LogP contribution in [0, 0.1) is 20.8 Å². The van der Waals surface area contributed by atoms with Crippen LogP contribution in [0.15, 0.2) is 237 Å². The van der Waals surface area contributed by atoms with Gasteiger partial charge < -0.3 is 13.7 Å². The van der Waals surface area contributed by atoms with Crippen molar-refractivity contribution < 1.29 is 0 Å². The maximum absolute atomic E-state index is 4.03. The quantitative estimate of drug-likeness (QED) is 0.115. The van der Waals surface area contributed by atoms with E-state index in [2.05, 4.69) is 272 Å². The molecule has 0 saturated heterocycles. The summed E-state index contributed by atoms with van der Waals surface area (Å²) in [7, 11) is 0. The molecule has 0 aliphatic carbocycles.